The summed E-state index contributed by atoms with van der Waals surface area (Å²) in [5.74, 6) is -0.253. The quantitative estimate of drug-likeness (QED) is 0.706. The summed E-state index contributed by atoms with van der Waals surface area (Å²) in [5, 5.41) is 0. The van der Waals surface area contributed by atoms with Gasteiger partial charge >= 0.3 is 0 Å². The smallest absolute Gasteiger partial charge is 0.259 e. The second-order valence-corrected chi connectivity index (χ2v) is 5.14. The molecule has 15 heavy (non-hydrogen) atoms. The van der Waals surface area contributed by atoms with E-state index in [4.69, 9.17) is 10.5 Å². The van der Waals surface area contributed by atoms with Gasteiger partial charge in [-0.2, -0.15) is 0 Å². The molecule has 0 bridgehead atoms. The lowest BCUT2D eigenvalue weighted by Gasteiger charge is -2.28. The van der Waals surface area contributed by atoms with E-state index in [0.717, 1.165) is 0 Å². The first-order valence-corrected chi connectivity index (χ1v) is 6.14. The van der Waals surface area contributed by atoms with Gasteiger partial charge in [0.15, 0.2) is 5.94 Å². The summed E-state index contributed by atoms with van der Waals surface area (Å²) < 4.78 is 29.5. The maximum absolute atomic E-state index is 11.6. The molecule has 82 valence electrons. The van der Waals surface area contributed by atoms with Crippen molar-refractivity contribution in [2.24, 2.45) is 0 Å². The molecule has 2 rings (SSSR count). The predicted octanol–water partition coefficient (Wildman–Crippen LogP) is 0.393. The third kappa shape index (κ3) is 2.05. The zero-order chi connectivity index (χ0) is 10.9. The van der Waals surface area contributed by atoms with Crippen molar-refractivity contribution in [1.29, 1.82) is 0 Å². The number of nitrogen functional groups attached to an aromatic ring is 1. The minimum atomic E-state index is -3.32. The zero-order valence-corrected chi connectivity index (χ0v) is 8.90. The highest BCUT2D eigenvalue weighted by molar-refractivity contribution is 7.92. The molecule has 1 saturated heterocycles. The number of ether oxygens (including phenoxy) is 1. The first-order valence-electron chi connectivity index (χ1n) is 4.53. The minimum Gasteiger partial charge on any atom is -0.399 e. The topological polar surface area (TPSA) is 72.6 Å². The molecule has 5 nitrogen and oxygen atoms in total. The van der Waals surface area contributed by atoms with Crippen molar-refractivity contribution in [3.8, 4) is 0 Å². The van der Waals surface area contributed by atoms with Gasteiger partial charge in [0.2, 0.25) is 0 Å². The second-order valence-electron chi connectivity index (χ2n) is 3.30. The molecule has 0 radical (unpaired) electrons. The SMILES string of the molecule is Nc1ccc(N2CCOCS2(=O)=O)cc1. The molecule has 0 atom stereocenters. The molecule has 0 amide bonds. The molecule has 1 fully saturated rings. The van der Waals surface area contributed by atoms with Crippen LogP contribution in [0.1, 0.15) is 0 Å². The summed E-state index contributed by atoms with van der Waals surface area (Å²) >= 11 is 0. The summed E-state index contributed by atoms with van der Waals surface area (Å²) in [7, 11) is -3.32. The van der Waals surface area contributed by atoms with Crippen LogP contribution in [0.15, 0.2) is 24.3 Å². The fourth-order valence-electron chi connectivity index (χ4n) is 1.44. The third-order valence-corrected chi connectivity index (χ3v) is 3.72. The summed E-state index contributed by atoms with van der Waals surface area (Å²) in [6, 6.07) is 6.75. The highest BCUT2D eigenvalue weighted by atomic mass is 32.2. The molecule has 1 aromatic rings. The lowest BCUT2D eigenvalue weighted by atomic mass is 10.3. The first-order chi connectivity index (χ1) is 7.09. The van der Waals surface area contributed by atoms with Gasteiger partial charge in [0.1, 0.15) is 0 Å². The lowest BCUT2D eigenvalue weighted by Crippen LogP contribution is -2.41. The molecule has 0 aliphatic carbocycles. The Morgan fingerprint density at radius 1 is 1.27 bits per heavy atom. The van der Waals surface area contributed by atoms with E-state index in [9.17, 15) is 8.42 Å². The van der Waals surface area contributed by atoms with Crippen LogP contribution in [-0.4, -0.2) is 27.5 Å². The van der Waals surface area contributed by atoms with Crippen LogP contribution in [-0.2, 0) is 14.8 Å². The molecule has 1 aromatic carbocycles. The Labute approximate surface area is 88.5 Å². The van der Waals surface area contributed by atoms with Gasteiger partial charge in [-0.3, -0.25) is 4.31 Å². The average Bonchev–Trinajstić information content (AvgIpc) is 2.19. The van der Waals surface area contributed by atoms with Gasteiger partial charge in [0, 0.05) is 5.69 Å². The number of nitrogens with zero attached hydrogens (tertiary/aromatic N) is 1. The Morgan fingerprint density at radius 2 is 1.93 bits per heavy atom. The lowest BCUT2D eigenvalue weighted by molar-refractivity contribution is 0.175. The molecule has 1 aliphatic rings. The number of benzene rings is 1. The van der Waals surface area contributed by atoms with Crippen LogP contribution < -0.4 is 10.0 Å². The van der Waals surface area contributed by atoms with E-state index in [2.05, 4.69) is 0 Å². The van der Waals surface area contributed by atoms with Crippen molar-refractivity contribution in [1.82, 2.24) is 0 Å². The molecule has 1 heterocycles. The van der Waals surface area contributed by atoms with Crippen LogP contribution in [0.4, 0.5) is 11.4 Å². The highest BCUT2D eigenvalue weighted by Crippen LogP contribution is 2.21. The first kappa shape index (κ1) is 10.3. The standard InChI is InChI=1S/C9H12N2O3S/c10-8-1-3-9(4-2-8)11-5-6-14-7-15(11,12)13/h1-4H,5-7,10H2. The van der Waals surface area contributed by atoms with Crippen molar-refractivity contribution in [3.63, 3.8) is 0 Å². The number of hydrogen-bond donors (Lipinski definition) is 1. The van der Waals surface area contributed by atoms with E-state index in [0.29, 0.717) is 24.5 Å². The monoisotopic (exact) mass is 228 g/mol. The van der Waals surface area contributed by atoms with Gasteiger partial charge < -0.3 is 10.5 Å². The highest BCUT2D eigenvalue weighted by Gasteiger charge is 2.26. The average molecular weight is 228 g/mol. The van der Waals surface area contributed by atoms with Crippen LogP contribution in [0.3, 0.4) is 0 Å². The van der Waals surface area contributed by atoms with Crippen LogP contribution >= 0.6 is 0 Å². The number of hydrogen-bond acceptors (Lipinski definition) is 4. The molecule has 0 aromatic heterocycles. The second kappa shape index (κ2) is 3.71. The maximum atomic E-state index is 11.6. The summed E-state index contributed by atoms with van der Waals surface area (Å²) in [5.41, 5.74) is 6.78. The Balaban J connectivity index is 2.33. The van der Waals surface area contributed by atoms with E-state index >= 15 is 0 Å². The van der Waals surface area contributed by atoms with Crippen molar-refractivity contribution in [3.05, 3.63) is 24.3 Å². The molecule has 6 heteroatoms. The fraction of sp³-hybridized carbons (Fsp3) is 0.333. The van der Waals surface area contributed by atoms with Crippen molar-refractivity contribution < 1.29 is 13.2 Å². The fourth-order valence-corrected chi connectivity index (χ4v) is 2.70. The molecular weight excluding hydrogens is 216 g/mol. The number of sulfonamides is 1. The van der Waals surface area contributed by atoms with E-state index in [1.165, 1.54) is 4.31 Å². The van der Waals surface area contributed by atoms with Gasteiger partial charge in [-0.15, -0.1) is 0 Å². The number of anilines is 2. The summed E-state index contributed by atoms with van der Waals surface area (Å²) in [4.78, 5) is 0. The number of rotatable bonds is 1. The van der Waals surface area contributed by atoms with Gasteiger partial charge in [-0.25, -0.2) is 8.42 Å². The predicted molar refractivity (Wildman–Crippen MR) is 57.9 cm³/mol. The van der Waals surface area contributed by atoms with Gasteiger partial charge in [0.25, 0.3) is 10.0 Å². The van der Waals surface area contributed by atoms with Gasteiger partial charge in [0.05, 0.1) is 18.8 Å². The summed E-state index contributed by atoms with van der Waals surface area (Å²) in [6.07, 6.45) is 0. The van der Waals surface area contributed by atoms with Crippen molar-refractivity contribution >= 4 is 21.4 Å². The number of nitrogens with two attached hydrogens (primary N) is 1. The van der Waals surface area contributed by atoms with Gasteiger partial charge in [-0.1, -0.05) is 0 Å². The van der Waals surface area contributed by atoms with Crippen molar-refractivity contribution in [2.45, 2.75) is 0 Å². The summed E-state index contributed by atoms with van der Waals surface area (Å²) in [6.45, 7) is 0.774. The Bertz CT molecular complexity index is 441. The molecule has 2 N–H and O–H groups in total. The van der Waals surface area contributed by atoms with E-state index in [-0.39, 0.29) is 5.94 Å². The Hall–Kier alpha value is -1.27. The third-order valence-electron chi connectivity index (χ3n) is 2.19. The minimum absolute atomic E-state index is 0.253. The largest absolute Gasteiger partial charge is 0.399 e. The van der Waals surface area contributed by atoms with Crippen LogP contribution in [0, 0.1) is 0 Å². The van der Waals surface area contributed by atoms with Crippen molar-refractivity contribution in [2.75, 3.05) is 29.1 Å². The van der Waals surface area contributed by atoms with Crippen LogP contribution in [0.2, 0.25) is 0 Å². The van der Waals surface area contributed by atoms with Crippen LogP contribution in [0.25, 0.3) is 0 Å². The zero-order valence-electron chi connectivity index (χ0n) is 8.09. The van der Waals surface area contributed by atoms with E-state index in [1.807, 2.05) is 0 Å². The Morgan fingerprint density at radius 3 is 2.53 bits per heavy atom. The molecule has 0 spiro atoms. The molecule has 0 unspecified atom stereocenters. The van der Waals surface area contributed by atoms with E-state index in [1.54, 1.807) is 24.3 Å². The van der Waals surface area contributed by atoms with E-state index < -0.39 is 10.0 Å². The molecule has 1 aliphatic heterocycles. The molecular formula is C9H12N2O3S. The molecule has 0 saturated carbocycles. The normalized spacial score (nSPS) is 20.1. The maximum Gasteiger partial charge on any atom is 0.259 e. The Kier molecular flexibility index (Phi) is 2.54. The van der Waals surface area contributed by atoms with Crippen LogP contribution in [0.5, 0.6) is 0 Å². The van der Waals surface area contributed by atoms with Gasteiger partial charge in [-0.05, 0) is 24.3 Å².